The van der Waals surface area contributed by atoms with Crippen molar-refractivity contribution in [1.29, 1.82) is 0 Å². The van der Waals surface area contributed by atoms with Gasteiger partial charge < -0.3 is 5.32 Å². The Labute approximate surface area is 154 Å². The van der Waals surface area contributed by atoms with E-state index >= 15 is 0 Å². The third kappa shape index (κ3) is 6.23. The molecule has 9 heteroatoms. The average Bonchev–Trinajstić information content (AvgIpc) is 2.58. The van der Waals surface area contributed by atoms with E-state index < -0.39 is 4.92 Å². The highest BCUT2D eigenvalue weighted by Gasteiger charge is 2.05. The number of thioether (sulfide) groups is 1. The molecule has 0 spiro atoms. The number of non-ortho nitro benzene ring substituents is 1. The number of halogens is 1. The van der Waals surface area contributed by atoms with Crippen LogP contribution in [0.2, 0.25) is 5.02 Å². The smallest absolute Gasteiger partial charge is 0.271 e. The zero-order chi connectivity index (χ0) is 17.4. The van der Waals surface area contributed by atoms with Crippen molar-refractivity contribution >= 4 is 52.1 Å². The number of nitro groups is 1. The molecule has 0 bridgehead atoms. The maximum atomic E-state index is 10.7. The average molecular weight is 383 g/mol. The van der Waals surface area contributed by atoms with E-state index in [-0.39, 0.29) is 5.69 Å². The van der Waals surface area contributed by atoms with Crippen LogP contribution in [0.25, 0.3) is 0 Å². The molecule has 3 N–H and O–H groups in total. The fourth-order valence-electron chi connectivity index (χ4n) is 1.73. The number of anilines is 1. The van der Waals surface area contributed by atoms with Crippen LogP contribution in [0.3, 0.4) is 0 Å². The van der Waals surface area contributed by atoms with E-state index in [1.165, 1.54) is 12.1 Å². The van der Waals surface area contributed by atoms with Gasteiger partial charge in [-0.2, -0.15) is 0 Å². The summed E-state index contributed by atoms with van der Waals surface area (Å²) in [4.78, 5) is 11.4. The van der Waals surface area contributed by atoms with E-state index in [2.05, 4.69) is 16.2 Å². The standard InChI is InChI=1S/C15H15ClN4O2S2/c16-11-4-6-14(7-5-11)24-9-8-17-15(23)19-18-12-2-1-3-13(10-12)20(21)22/h1-7,10,18H,8-9H2,(H2,17,19,23). The monoisotopic (exact) mass is 382 g/mol. The second-order valence-corrected chi connectivity index (χ2v) is 6.63. The first-order valence-electron chi connectivity index (χ1n) is 6.97. The van der Waals surface area contributed by atoms with E-state index in [0.29, 0.717) is 17.3 Å². The number of nitro benzene ring substituents is 1. The predicted molar refractivity (Wildman–Crippen MR) is 103 cm³/mol. The minimum atomic E-state index is -0.449. The van der Waals surface area contributed by atoms with Crippen LogP contribution in [-0.2, 0) is 0 Å². The molecule has 6 nitrogen and oxygen atoms in total. The highest BCUT2D eigenvalue weighted by Crippen LogP contribution is 2.19. The van der Waals surface area contributed by atoms with Crippen molar-refractivity contribution in [1.82, 2.24) is 10.7 Å². The van der Waals surface area contributed by atoms with E-state index in [1.54, 1.807) is 23.9 Å². The molecule has 2 aromatic carbocycles. The quantitative estimate of drug-likeness (QED) is 0.221. The molecule has 0 saturated heterocycles. The first kappa shape index (κ1) is 18.3. The molecule has 0 atom stereocenters. The number of hydrazine groups is 1. The molecule has 0 heterocycles. The van der Waals surface area contributed by atoms with Crippen molar-refractivity contribution in [3.8, 4) is 0 Å². The van der Waals surface area contributed by atoms with Crippen LogP contribution < -0.4 is 16.2 Å². The SMILES string of the molecule is O=[N+]([O-])c1cccc(NNC(=S)NCCSc2ccc(Cl)cc2)c1. The fourth-order valence-corrected chi connectivity index (χ4v) is 2.78. The summed E-state index contributed by atoms with van der Waals surface area (Å²) in [5.41, 5.74) is 6.19. The summed E-state index contributed by atoms with van der Waals surface area (Å²) in [5.74, 6) is 0.834. The molecule has 0 aromatic heterocycles. The van der Waals surface area contributed by atoms with Crippen LogP contribution in [0.1, 0.15) is 0 Å². The molecule has 0 unspecified atom stereocenters. The topological polar surface area (TPSA) is 79.2 Å². The van der Waals surface area contributed by atoms with E-state index in [4.69, 9.17) is 23.8 Å². The Balaban J connectivity index is 1.67. The highest BCUT2D eigenvalue weighted by molar-refractivity contribution is 7.99. The largest absolute Gasteiger partial charge is 0.361 e. The number of nitrogens with one attached hydrogen (secondary N) is 3. The van der Waals surface area contributed by atoms with Gasteiger partial charge in [-0.1, -0.05) is 17.7 Å². The summed E-state index contributed by atoms with van der Waals surface area (Å²) >= 11 is 12.7. The molecule has 2 rings (SSSR count). The number of rotatable bonds is 7. The highest BCUT2D eigenvalue weighted by atomic mass is 35.5. The summed E-state index contributed by atoms with van der Waals surface area (Å²) in [6.07, 6.45) is 0. The van der Waals surface area contributed by atoms with Gasteiger partial charge in [-0.3, -0.25) is 21.0 Å². The first-order chi connectivity index (χ1) is 11.5. The molecule has 0 aliphatic rings. The number of nitrogens with zero attached hydrogens (tertiary/aromatic N) is 1. The van der Waals surface area contributed by atoms with Gasteiger partial charge in [-0.05, 0) is 42.5 Å². The normalized spacial score (nSPS) is 10.0. The molecule has 126 valence electrons. The van der Waals surface area contributed by atoms with Gasteiger partial charge >= 0.3 is 0 Å². The molecule has 0 radical (unpaired) electrons. The van der Waals surface area contributed by atoms with Crippen molar-refractivity contribution in [2.24, 2.45) is 0 Å². The van der Waals surface area contributed by atoms with Crippen molar-refractivity contribution in [3.05, 3.63) is 63.7 Å². The van der Waals surface area contributed by atoms with Gasteiger partial charge in [0.15, 0.2) is 5.11 Å². The van der Waals surface area contributed by atoms with Gasteiger partial charge in [0, 0.05) is 34.3 Å². The van der Waals surface area contributed by atoms with Crippen LogP contribution in [0.4, 0.5) is 11.4 Å². The maximum Gasteiger partial charge on any atom is 0.271 e. The fraction of sp³-hybridized carbons (Fsp3) is 0.133. The second kappa shape index (κ2) is 9.31. The third-order valence-corrected chi connectivity index (χ3v) is 4.36. The van der Waals surface area contributed by atoms with Crippen LogP contribution >= 0.6 is 35.6 Å². The van der Waals surface area contributed by atoms with Crippen molar-refractivity contribution in [2.75, 3.05) is 17.7 Å². The van der Waals surface area contributed by atoms with Crippen molar-refractivity contribution in [2.45, 2.75) is 4.90 Å². The van der Waals surface area contributed by atoms with Crippen LogP contribution in [-0.4, -0.2) is 22.3 Å². The lowest BCUT2D eigenvalue weighted by Gasteiger charge is -2.12. The molecule has 0 fully saturated rings. The van der Waals surface area contributed by atoms with E-state index in [0.717, 1.165) is 15.7 Å². The Morgan fingerprint density at radius 1 is 1.25 bits per heavy atom. The Kier molecular flexibility index (Phi) is 7.10. The number of thiocarbonyl (C=S) groups is 1. The summed E-state index contributed by atoms with van der Waals surface area (Å²) in [5, 5.41) is 14.9. The Morgan fingerprint density at radius 2 is 2.00 bits per heavy atom. The lowest BCUT2D eigenvalue weighted by Crippen LogP contribution is -2.39. The number of hydrogen-bond acceptors (Lipinski definition) is 5. The molecule has 24 heavy (non-hydrogen) atoms. The lowest BCUT2D eigenvalue weighted by atomic mass is 10.3. The molecule has 0 aliphatic heterocycles. The number of hydrogen-bond donors (Lipinski definition) is 3. The van der Waals surface area contributed by atoms with Crippen LogP contribution in [0.5, 0.6) is 0 Å². The minimum Gasteiger partial charge on any atom is -0.361 e. The Bertz CT molecular complexity index is 713. The van der Waals surface area contributed by atoms with Crippen molar-refractivity contribution in [3.63, 3.8) is 0 Å². The zero-order valence-corrected chi connectivity index (χ0v) is 14.9. The van der Waals surface area contributed by atoms with E-state index in [1.807, 2.05) is 24.3 Å². The van der Waals surface area contributed by atoms with Gasteiger partial charge in [0.1, 0.15) is 0 Å². The summed E-state index contributed by atoms with van der Waals surface area (Å²) in [6, 6.07) is 13.8. The maximum absolute atomic E-state index is 10.7. The summed E-state index contributed by atoms with van der Waals surface area (Å²) in [7, 11) is 0. The summed E-state index contributed by atoms with van der Waals surface area (Å²) < 4.78 is 0. The number of benzene rings is 2. The lowest BCUT2D eigenvalue weighted by molar-refractivity contribution is -0.384. The second-order valence-electron chi connectivity index (χ2n) is 4.62. The van der Waals surface area contributed by atoms with Crippen LogP contribution in [0.15, 0.2) is 53.4 Å². The van der Waals surface area contributed by atoms with Gasteiger partial charge in [-0.25, -0.2) is 0 Å². The van der Waals surface area contributed by atoms with Gasteiger partial charge in [-0.15, -0.1) is 11.8 Å². The minimum absolute atomic E-state index is 0.0139. The van der Waals surface area contributed by atoms with Crippen LogP contribution in [0, 0.1) is 10.1 Å². The molecule has 2 aromatic rings. The Morgan fingerprint density at radius 3 is 2.71 bits per heavy atom. The molecule has 0 amide bonds. The Hall–Kier alpha value is -2.03. The first-order valence-corrected chi connectivity index (χ1v) is 8.74. The third-order valence-electron chi connectivity index (χ3n) is 2.85. The van der Waals surface area contributed by atoms with Gasteiger partial charge in [0.05, 0.1) is 10.6 Å². The predicted octanol–water partition coefficient (Wildman–Crippen LogP) is 3.83. The molecule has 0 aliphatic carbocycles. The van der Waals surface area contributed by atoms with Gasteiger partial charge in [0.2, 0.25) is 0 Å². The van der Waals surface area contributed by atoms with Crippen molar-refractivity contribution < 1.29 is 4.92 Å². The van der Waals surface area contributed by atoms with Gasteiger partial charge in [0.25, 0.3) is 5.69 Å². The molecular formula is C15H15ClN4O2S2. The summed E-state index contributed by atoms with van der Waals surface area (Å²) in [6.45, 7) is 0.676. The molecular weight excluding hydrogens is 368 g/mol. The molecule has 0 saturated carbocycles. The van der Waals surface area contributed by atoms with E-state index in [9.17, 15) is 10.1 Å². The zero-order valence-electron chi connectivity index (χ0n) is 12.5.